The van der Waals surface area contributed by atoms with Crippen molar-refractivity contribution in [2.45, 2.75) is 0 Å². The van der Waals surface area contributed by atoms with Crippen LogP contribution in [0.3, 0.4) is 0 Å². The number of piperazine rings is 1. The normalized spacial score (nSPS) is 25.2. The zero-order chi connectivity index (χ0) is 10.8. The van der Waals surface area contributed by atoms with Gasteiger partial charge in [0.2, 0.25) is 0 Å². The quantitative estimate of drug-likeness (QED) is 0.695. The van der Waals surface area contributed by atoms with E-state index in [1.54, 1.807) is 23.4 Å². The maximum absolute atomic E-state index is 12.3. The summed E-state index contributed by atoms with van der Waals surface area (Å²) >= 11 is 0. The molecular formula is C7H18N3O3P. The van der Waals surface area contributed by atoms with E-state index in [9.17, 15) is 4.57 Å². The highest BCUT2D eigenvalue weighted by Gasteiger charge is 2.35. The van der Waals surface area contributed by atoms with Crippen LogP contribution < -0.4 is 0 Å². The van der Waals surface area contributed by atoms with Gasteiger partial charge in [0.1, 0.15) is 0 Å². The van der Waals surface area contributed by atoms with Crippen molar-refractivity contribution in [1.29, 1.82) is 0 Å². The van der Waals surface area contributed by atoms with Gasteiger partial charge in [-0.2, -0.15) is 5.06 Å². The minimum atomic E-state index is -2.85. The van der Waals surface area contributed by atoms with Gasteiger partial charge in [-0.15, -0.1) is 0 Å². The topological polar surface area (TPSA) is 56.2 Å². The Hall–Kier alpha value is 0.0300. The molecular weight excluding hydrogens is 205 g/mol. The fourth-order valence-corrected chi connectivity index (χ4v) is 3.22. The van der Waals surface area contributed by atoms with Crippen molar-refractivity contribution in [2.24, 2.45) is 0 Å². The van der Waals surface area contributed by atoms with Crippen LogP contribution in [-0.4, -0.2) is 67.0 Å². The molecule has 6 nitrogen and oxygen atoms in total. The van der Waals surface area contributed by atoms with Crippen molar-refractivity contribution in [2.75, 3.05) is 47.4 Å². The maximum atomic E-state index is 12.3. The van der Waals surface area contributed by atoms with Gasteiger partial charge in [0.05, 0.1) is 0 Å². The van der Waals surface area contributed by atoms with Crippen molar-refractivity contribution in [3.63, 3.8) is 0 Å². The minimum absolute atomic E-state index is 0.501. The molecule has 0 aliphatic carbocycles. The predicted octanol–water partition coefficient (Wildman–Crippen LogP) is 0.309. The summed E-state index contributed by atoms with van der Waals surface area (Å²) in [6, 6.07) is 0. The summed E-state index contributed by atoms with van der Waals surface area (Å²) in [6.45, 7) is 2.11. The molecule has 0 spiro atoms. The summed E-state index contributed by atoms with van der Waals surface area (Å²) in [5.74, 6) is 0. The summed E-state index contributed by atoms with van der Waals surface area (Å²) in [5.41, 5.74) is 0. The van der Waals surface area contributed by atoms with Gasteiger partial charge in [-0.1, -0.05) is 0 Å². The number of hydrogen-bond acceptors (Lipinski definition) is 4. The largest absolute Gasteiger partial charge is 0.345 e. The van der Waals surface area contributed by atoms with Crippen LogP contribution in [0.1, 0.15) is 0 Å². The first-order chi connectivity index (χ1) is 6.50. The average Bonchev–Trinajstić information content (AvgIpc) is 2.17. The maximum Gasteiger partial charge on any atom is 0.345 e. The molecule has 0 amide bonds. The third-order valence-corrected chi connectivity index (χ3v) is 4.93. The number of hydroxylamine groups is 2. The first kappa shape index (κ1) is 12.1. The number of rotatable bonds is 3. The molecule has 1 aliphatic rings. The summed E-state index contributed by atoms with van der Waals surface area (Å²) in [5, 5.41) is 10.4. The molecule has 0 aromatic carbocycles. The lowest BCUT2D eigenvalue weighted by Gasteiger charge is -2.37. The van der Waals surface area contributed by atoms with Gasteiger partial charge in [-0.05, 0) is 14.1 Å². The van der Waals surface area contributed by atoms with Crippen LogP contribution in [0.25, 0.3) is 0 Å². The van der Waals surface area contributed by atoms with Crippen molar-refractivity contribution in [3.05, 3.63) is 0 Å². The Morgan fingerprint density at radius 1 is 1.29 bits per heavy atom. The van der Waals surface area contributed by atoms with Crippen molar-refractivity contribution >= 4 is 7.67 Å². The fraction of sp³-hybridized carbons (Fsp3) is 1.00. The molecule has 0 saturated carbocycles. The molecule has 0 aromatic rings. The molecule has 1 unspecified atom stereocenters. The van der Waals surface area contributed by atoms with Gasteiger partial charge in [0.25, 0.3) is 0 Å². The van der Waals surface area contributed by atoms with Gasteiger partial charge in [0, 0.05) is 33.3 Å². The standard InChI is InChI=1S/C7H18N3O3P/c1-8(2)14(12,13-3)10-6-4-9(11)5-7-10/h11H,4-7H2,1-3H3. The van der Waals surface area contributed by atoms with Crippen LogP contribution in [0.15, 0.2) is 0 Å². The summed E-state index contributed by atoms with van der Waals surface area (Å²) in [4.78, 5) is 0. The van der Waals surface area contributed by atoms with Gasteiger partial charge in [-0.3, -0.25) is 4.57 Å². The summed E-state index contributed by atoms with van der Waals surface area (Å²) < 4.78 is 20.7. The Morgan fingerprint density at radius 3 is 2.14 bits per heavy atom. The lowest BCUT2D eigenvalue weighted by molar-refractivity contribution is -0.109. The third kappa shape index (κ3) is 2.34. The molecule has 1 rings (SSSR count). The van der Waals surface area contributed by atoms with Crippen molar-refractivity contribution in [1.82, 2.24) is 14.4 Å². The van der Waals surface area contributed by atoms with E-state index in [4.69, 9.17) is 9.73 Å². The second-order valence-corrected chi connectivity index (χ2v) is 6.14. The molecule has 1 heterocycles. The van der Waals surface area contributed by atoms with E-state index in [-0.39, 0.29) is 0 Å². The minimum Gasteiger partial charge on any atom is -0.314 e. The Morgan fingerprint density at radius 2 is 1.79 bits per heavy atom. The lowest BCUT2D eigenvalue weighted by atomic mass is 10.4. The van der Waals surface area contributed by atoms with Gasteiger partial charge in [0.15, 0.2) is 0 Å². The van der Waals surface area contributed by atoms with E-state index in [2.05, 4.69) is 0 Å². The van der Waals surface area contributed by atoms with Crippen LogP contribution in [0, 0.1) is 0 Å². The SMILES string of the molecule is COP(=O)(N(C)C)N1CCN(O)CC1. The molecule has 1 N–H and O–H groups in total. The van der Waals surface area contributed by atoms with Crippen molar-refractivity contribution in [3.8, 4) is 0 Å². The number of hydrogen-bond donors (Lipinski definition) is 1. The zero-order valence-corrected chi connectivity index (χ0v) is 9.78. The molecule has 1 saturated heterocycles. The zero-order valence-electron chi connectivity index (χ0n) is 8.88. The van der Waals surface area contributed by atoms with Crippen LogP contribution in [0.4, 0.5) is 0 Å². The molecule has 7 heteroatoms. The van der Waals surface area contributed by atoms with Gasteiger partial charge in [-0.25, -0.2) is 9.34 Å². The number of nitrogens with zero attached hydrogens (tertiary/aromatic N) is 3. The summed E-state index contributed by atoms with van der Waals surface area (Å²) in [7, 11) is 2.07. The van der Waals surface area contributed by atoms with E-state index in [1.807, 2.05) is 0 Å². The monoisotopic (exact) mass is 223 g/mol. The Balaban J connectivity index is 2.67. The smallest absolute Gasteiger partial charge is 0.314 e. The molecule has 0 aromatic heterocycles. The predicted molar refractivity (Wildman–Crippen MR) is 53.2 cm³/mol. The van der Waals surface area contributed by atoms with Crippen LogP contribution in [-0.2, 0) is 9.09 Å². The molecule has 14 heavy (non-hydrogen) atoms. The fourth-order valence-electron chi connectivity index (χ4n) is 1.47. The van der Waals surface area contributed by atoms with Gasteiger partial charge < -0.3 is 9.73 Å². The second-order valence-electron chi connectivity index (χ2n) is 3.43. The molecule has 1 aliphatic heterocycles. The lowest BCUT2D eigenvalue weighted by Crippen LogP contribution is -2.44. The Bertz CT molecular complexity index is 228. The second kappa shape index (κ2) is 4.70. The highest BCUT2D eigenvalue weighted by atomic mass is 31.2. The molecule has 84 valence electrons. The van der Waals surface area contributed by atoms with E-state index in [1.165, 1.54) is 12.2 Å². The molecule has 0 bridgehead atoms. The molecule has 1 atom stereocenters. The molecule has 0 radical (unpaired) electrons. The Kier molecular flexibility index (Phi) is 4.06. The highest BCUT2D eigenvalue weighted by molar-refractivity contribution is 7.53. The van der Waals surface area contributed by atoms with Gasteiger partial charge >= 0.3 is 7.67 Å². The van der Waals surface area contributed by atoms with Crippen LogP contribution in [0.2, 0.25) is 0 Å². The highest BCUT2D eigenvalue weighted by Crippen LogP contribution is 2.51. The third-order valence-electron chi connectivity index (χ3n) is 2.33. The first-order valence-corrected chi connectivity index (χ1v) is 6.06. The van der Waals surface area contributed by atoms with Crippen molar-refractivity contribution < 1.29 is 14.3 Å². The van der Waals surface area contributed by atoms with Crippen LogP contribution >= 0.6 is 7.67 Å². The molecule has 1 fully saturated rings. The van der Waals surface area contributed by atoms with E-state index in [0.29, 0.717) is 26.2 Å². The van der Waals surface area contributed by atoms with E-state index < -0.39 is 7.67 Å². The first-order valence-electron chi connectivity index (χ1n) is 4.53. The summed E-state index contributed by atoms with van der Waals surface area (Å²) in [6.07, 6.45) is 0. The Labute approximate surface area is 84.6 Å². The average molecular weight is 223 g/mol. The van der Waals surface area contributed by atoms with Crippen LogP contribution in [0.5, 0.6) is 0 Å². The van der Waals surface area contributed by atoms with E-state index >= 15 is 0 Å². The van der Waals surface area contributed by atoms with E-state index in [0.717, 1.165) is 0 Å².